The minimum atomic E-state index is -4.45. The minimum absolute atomic E-state index is 0.0327. The Morgan fingerprint density at radius 3 is 2.72 bits per heavy atom. The fourth-order valence-corrected chi connectivity index (χ4v) is 1.27. The van der Waals surface area contributed by atoms with E-state index in [1.165, 1.54) is 12.1 Å². The molecular formula is C10H7F3N4O. The maximum atomic E-state index is 12.4. The van der Waals surface area contributed by atoms with E-state index in [4.69, 9.17) is 0 Å². The normalized spacial score (nSPS) is 11.3. The van der Waals surface area contributed by atoms with Gasteiger partial charge in [-0.1, -0.05) is 6.07 Å². The molecule has 2 aromatic rings. The van der Waals surface area contributed by atoms with Gasteiger partial charge in [0.05, 0.1) is 5.56 Å². The van der Waals surface area contributed by atoms with Crippen LogP contribution in [0.15, 0.2) is 36.9 Å². The lowest BCUT2D eigenvalue weighted by Crippen LogP contribution is -2.20. The maximum Gasteiger partial charge on any atom is 0.416 e. The van der Waals surface area contributed by atoms with E-state index in [9.17, 15) is 18.0 Å². The standard InChI is InChI=1S/C10H7F3N4O/c11-10(12,13)7-2-1-3-8(4-7)16-9(18)17-6-14-5-15-17/h1-6H,(H,16,18). The SMILES string of the molecule is O=C(Nc1cccc(C(F)(F)F)c1)n1cncn1. The Morgan fingerprint density at radius 2 is 2.11 bits per heavy atom. The summed E-state index contributed by atoms with van der Waals surface area (Å²) < 4.78 is 38.2. The monoisotopic (exact) mass is 256 g/mol. The van der Waals surface area contributed by atoms with E-state index in [0.29, 0.717) is 0 Å². The Balaban J connectivity index is 2.18. The number of carbonyl (C=O) groups is 1. The number of amides is 1. The van der Waals surface area contributed by atoms with Gasteiger partial charge in [0.2, 0.25) is 0 Å². The molecule has 1 aromatic carbocycles. The summed E-state index contributed by atoms with van der Waals surface area (Å²) in [5.41, 5.74) is -0.802. The molecule has 0 atom stereocenters. The van der Waals surface area contributed by atoms with E-state index in [1.807, 2.05) is 0 Å². The number of rotatable bonds is 1. The Hall–Kier alpha value is -2.38. The van der Waals surface area contributed by atoms with Crippen molar-refractivity contribution in [3.8, 4) is 0 Å². The molecule has 0 saturated heterocycles. The molecular weight excluding hydrogens is 249 g/mol. The maximum absolute atomic E-state index is 12.4. The van der Waals surface area contributed by atoms with Gasteiger partial charge in [-0.25, -0.2) is 9.78 Å². The molecule has 18 heavy (non-hydrogen) atoms. The predicted molar refractivity (Wildman–Crippen MR) is 55.9 cm³/mol. The zero-order valence-corrected chi connectivity index (χ0v) is 8.85. The first-order chi connectivity index (χ1) is 8.47. The highest BCUT2D eigenvalue weighted by atomic mass is 19.4. The summed E-state index contributed by atoms with van der Waals surface area (Å²) in [6.07, 6.45) is -2.16. The number of hydrogen-bond acceptors (Lipinski definition) is 3. The number of nitrogens with zero attached hydrogens (tertiary/aromatic N) is 3. The van der Waals surface area contributed by atoms with Crippen molar-refractivity contribution in [3.63, 3.8) is 0 Å². The Kier molecular flexibility index (Phi) is 3.00. The van der Waals surface area contributed by atoms with Crippen LogP contribution in [-0.4, -0.2) is 20.8 Å². The summed E-state index contributed by atoms with van der Waals surface area (Å²) in [4.78, 5) is 15.1. The van der Waals surface area contributed by atoms with E-state index in [0.717, 1.165) is 29.5 Å². The first-order valence-electron chi connectivity index (χ1n) is 4.80. The molecule has 0 aliphatic rings. The molecule has 0 aliphatic heterocycles. The molecule has 1 amide bonds. The van der Waals surface area contributed by atoms with Crippen LogP contribution in [0, 0.1) is 0 Å². The third-order valence-electron chi connectivity index (χ3n) is 2.07. The van der Waals surface area contributed by atoms with E-state index in [-0.39, 0.29) is 5.69 Å². The fraction of sp³-hybridized carbons (Fsp3) is 0.100. The molecule has 1 heterocycles. The lowest BCUT2D eigenvalue weighted by atomic mass is 10.2. The van der Waals surface area contributed by atoms with Crippen LogP contribution in [0.1, 0.15) is 5.56 Å². The van der Waals surface area contributed by atoms with Gasteiger partial charge in [0, 0.05) is 5.69 Å². The molecule has 94 valence electrons. The van der Waals surface area contributed by atoms with E-state index < -0.39 is 17.8 Å². The van der Waals surface area contributed by atoms with Gasteiger partial charge in [-0.2, -0.15) is 23.0 Å². The third-order valence-corrected chi connectivity index (χ3v) is 2.07. The molecule has 8 heteroatoms. The summed E-state index contributed by atoms with van der Waals surface area (Å²) in [6, 6.07) is 3.64. The van der Waals surface area contributed by atoms with Crippen molar-refractivity contribution in [2.45, 2.75) is 6.18 Å². The molecule has 5 nitrogen and oxygen atoms in total. The molecule has 0 bridgehead atoms. The second-order valence-electron chi connectivity index (χ2n) is 3.35. The quantitative estimate of drug-likeness (QED) is 0.852. The lowest BCUT2D eigenvalue weighted by molar-refractivity contribution is -0.137. The third kappa shape index (κ3) is 2.65. The first kappa shape index (κ1) is 12.1. The van der Waals surface area contributed by atoms with Crippen LogP contribution < -0.4 is 5.32 Å². The molecule has 0 aliphatic carbocycles. The first-order valence-corrected chi connectivity index (χ1v) is 4.80. The summed E-state index contributed by atoms with van der Waals surface area (Å²) in [7, 11) is 0. The van der Waals surface area contributed by atoms with Crippen LogP contribution in [0.4, 0.5) is 23.7 Å². The fourth-order valence-electron chi connectivity index (χ4n) is 1.27. The number of nitrogens with one attached hydrogen (secondary N) is 1. The van der Waals surface area contributed by atoms with Crippen molar-refractivity contribution in [3.05, 3.63) is 42.5 Å². The molecule has 0 fully saturated rings. The van der Waals surface area contributed by atoms with Gasteiger partial charge in [0.25, 0.3) is 0 Å². The van der Waals surface area contributed by atoms with E-state index in [1.54, 1.807) is 0 Å². The Labute approximate surface area is 99.3 Å². The molecule has 2 rings (SSSR count). The minimum Gasteiger partial charge on any atom is -0.306 e. The van der Waals surface area contributed by atoms with E-state index in [2.05, 4.69) is 15.4 Å². The second kappa shape index (κ2) is 4.47. The second-order valence-corrected chi connectivity index (χ2v) is 3.35. The van der Waals surface area contributed by atoms with Crippen LogP contribution in [0.3, 0.4) is 0 Å². The average Bonchev–Trinajstić information content (AvgIpc) is 2.81. The smallest absolute Gasteiger partial charge is 0.306 e. The summed E-state index contributed by atoms with van der Waals surface area (Å²) >= 11 is 0. The van der Waals surface area contributed by atoms with Gasteiger partial charge in [-0.05, 0) is 18.2 Å². The average molecular weight is 256 g/mol. The zero-order valence-electron chi connectivity index (χ0n) is 8.85. The van der Waals surface area contributed by atoms with Crippen LogP contribution >= 0.6 is 0 Å². The number of benzene rings is 1. The van der Waals surface area contributed by atoms with Gasteiger partial charge in [-0.15, -0.1) is 0 Å². The highest BCUT2D eigenvalue weighted by Crippen LogP contribution is 2.30. The molecule has 0 radical (unpaired) electrons. The summed E-state index contributed by atoms with van der Waals surface area (Å²) in [5.74, 6) is 0. The molecule has 1 N–H and O–H groups in total. The van der Waals surface area contributed by atoms with Crippen LogP contribution in [-0.2, 0) is 6.18 Å². The van der Waals surface area contributed by atoms with Gasteiger partial charge >= 0.3 is 12.2 Å². The predicted octanol–water partition coefficient (Wildman–Crippen LogP) is 2.38. The highest BCUT2D eigenvalue weighted by molar-refractivity contribution is 5.90. The van der Waals surface area contributed by atoms with Crippen LogP contribution in [0.2, 0.25) is 0 Å². The van der Waals surface area contributed by atoms with Crippen molar-refractivity contribution in [2.24, 2.45) is 0 Å². The highest BCUT2D eigenvalue weighted by Gasteiger charge is 2.30. The number of anilines is 1. The van der Waals surface area contributed by atoms with E-state index >= 15 is 0 Å². The Bertz CT molecular complexity index is 551. The van der Waals surface area contributed by atoms with Crippen molar-refractivity contribution >= 4 is 11.7 Å². The van der Waals surface area contributed by atoms with Gasteiger partial charge in [0.1, 0.15) is 12.7 Å². The topological polar surface area (TPSA) is 59.8 Å². The van der Waals surface area contributed by atoms with Crippen LogP contribution in [0.5, 0.6) is 0 Å². The van der Waals surface area contributed by atoms with Crippen LogP contribution in [0.25, 0.3) is 0 Å². The van der Waals surface area contributed by atoms with Gasteiger partial charge in [0.15, 0.2) is 0 Å². The molecule has 0 unspecified atom stereocenters. The molecule has 1 aromatic heterocycles. The zero-order chi connectivity index (χ0) is 13.2. The molecule has 0 saturated carbocycles. The summed E-state index contributed by atoms with van der Waals surface area (Å²) in [6.45, 7) is 0. The van der Waals surface area contributed by atoms with Gasteiger partial charge in [-0.3, -0.25) is 0 Å². The van der Waals surface area contributed by atoms with Crippen molar-refractivity contribution in [2.75, 3.05) is 5.32 Å². The number of alkyl halides is 3. The van der Waals surface area contributed by atoms with Crippen molar-refractivity contribution < 1.29 is 18.0 Å². The lowest BCUT2D eigenvalue weighted by Gasteiger charge is -2.09. The Morgan fingerprint density at radius 1 is 1.33 bits per heavy atom. The molecule has 0 spiro atoms. The van der Waals surface area contributed by atoms with Crippen molar-refractivity contribution in [1.82, 2.24) is 14.8 Å². The largest absolute Gasteiger partial charge is 0.416 e. The number of hydrogen-bond donors (Lipinski definition) is 1. The number of aromatic nitrogens is 3. The number of carbonyl (C=O) groups excluding carboxylic acids is 1. The van der Waals surface area contributed by atoms with Gasteiger partial charge < -0.3 is 5.32 Å². The number of halogens is 3. The van der Waals surface area contributed by atoms with Crippen molar-refractivity contribution in [1.29, 1.82) is 0 Å². The summed E-state index contributed by atoms with van der Waals surface area (Å²) in [5, 5.41) is 5.83.